The third kappa shape index (κ3) is 8.44. The first-order chi connectivity index (χ1) is 21.3. The number of benzene rings is 3. The Morgan fingerprint density at radius 2 is 1.47 bits per heavy atom. The summed E-state index contributed by atoms with van der Waals surface area (Å²) >= 11 is 12.5. The second-order valence-corrected chi connectivity index (χ2v) is 12.9. The van der Waals surface area contributed by atoms with Crippen LogP contribution in [0, 0.1) is 0 Å². The van der Waals surface area contributed by atoms with Crippen molar-refractivity contribution in [3.05, 3.63) is 70.2 Å². The second kappa shape index (κ2) is 15.4. The van der Waals surface area contributed by atoms with Gasteiger partial charge in [0.25, 0.3) is 10.0 Å². The molecule has 0 saturated carbocycles. The maximum absolute atomic E-state index is 14.4. The maximum Gasteiger partial charge on any atom is 0.265 e. The van der Waals surface area contributed by atoms with E-state index in [1.165, 1.54) is 69.7 Å². The van der Waals surface area contributed by atoms with E-state index in [1.807, 2.05) is 0 Å². The number of rotatable bonds is 14. The minimum absolute atomic E-state index is 0.0312. The molecule has 0 spiro atoms. The van der Waals surface area contributed by atoms with E-state index >= 15 is 0 Å². The SMILES string of the molecule is COc1ccc(OC)c(N(CC(=O)N(Cc2ccc(Cl)cc2Cl)C(C)C(=O)NC(C)C)S(=O)(=O)c2ccc(OC)c(OC)c2)c1. The molecule has 45 heavy (non-hydrogen) atoms. The summed E-state index contributed by atoms with van der Waals surface area (Å²) in [6.07, 6.45) is 0. The van der Waals surface area contributed by atoms with E-state index in [-0.39, 0.29) is 39.7 Å². The lowest BCUT2D eigenvalue weighted by Crippen LogP contribution is -2.52. The molecule has 0 fully saturated rings. The first-order valence-electron chi connectivity index (χ1n) is 13.8. The number of halogens is 2. The van der Waals surface area contributed by atoms with Crippen molar-refractivity contribution in [2.24, 2.45) is 0 Å². The smallest absolute Gasteiger partial charge is 0.265 e. The molecule has 3 aromatic carbocycles. The standard InChI is InChI=1S/C31H37Cl2N3O8S/c1-19(2)34-31(38)20(3)35(17-21-8-9-22(32)14-25(21)33)30(37)18-36(26-15-23(41-4)10-12-27(26)42-5)45(39,40)24-11-13-28(43-6)29(16-24)44-7/h8-16,19-20H,17-18H2,1-7H3,(H,34,38). The van der Waals surface area contributed by atoms with E-state index in [0.717, 1.165) is 4.31 Å². The lowest BCUT2D eigenvalue weighted by Gasteiger charge is -2.33. The van der Waals surface area contributed by atoms with E-state index in [0.29, 0.717) is 22.1 Å². The number of hydrogen-bond acceptors (Lipinski definition) is 8. The van der Waals surface area contributed by atoms with Gasteiger partial charge in [0.1, 0.15) is 24.1 Å². The highest BCUT2D eigenvalue weighted by atomic mass is 35.5. The van der Waals surface area contributed by atoms with E-state index in [4.69, 9.17) is 42.1 Å². The Morgan fingerprint density at radius 3 is 2.04 bits per heavy atom. The van der Waals surface area contributed by atoms with Gasteiger partial charge in [-0.05, 0) is 62.7 Å². The van der Waals surface area contributed by atoms with Crippen molar-refractivity contribution in [2.45, 2.75) is 44.3 Å². The minimum atomic E-state index is -4.48. The van der Waals surface area contributed by atoms with Crippen LogP contribution in [0.1, 0.15) is 26.3 Å². The summed E-state index contributed by atoms with van der Waals surface area (Å²) in [5.74, 6) is -0.168. The molecule has 3 aromatic rings. The molecule has 0 aliphatic rings. The largest absolute Gasteiger partial charge is 0.497 e. The fourth-order valence-electron chi connectivity index (χ4n) is 4.43. The number of ether oxygens (including phenoxy) is 4. The molecule has 2 amide bonds. The first kappa shape index (κ1) is 35.6. The van der Waals surface area contributed by atoms with Gasteiger partial charge in [0.05, 0.1) is 39.0 Å². The van der Waals surface area contributed by atoms with Crippen LogP contribution >= 0.6 is 23.2 Å². The van der Waals surface area contributed by atoms with Gasteiger partial charge in [0.15, 0.2) is 11.5 Å². The second-order valence-electron chi connectivity index (χ2n) is 10.2. The van der Waals surface area contributed by atoms with E-state index in [1.54, 1.807) is 39.0 Å². The monoisotopic (exact) mass is 681 g/mol. The van der Waals surface area contributed by atoms with Crippen molar-refractivity contribution in [1.82, 2.24) is 10.2 Å². The van der Waals surface area contributed by atoms with E-state index in [9.17, 15) is 18.0 Å². The molecule has 1 unspecified atom stereocenters. The lowest BCUT2D eigenvalue weighted by molar-refractivity contribution is -0.139. The van der Waals surface area contributed by atoms with Gasteiger partial charge in [-0.1, -0.05) is 29.3 Å². The lowest BCUT2D eigenvalue weighted by atomic mass is 10.1. The fraction of sp³-hybridized carbons (Fsp3) is 0.355. The van der Waals surface area contributed by atoms with Crippen LogP contribution in [0.5, 0.6) is 23.0 Å². The Hall–Kier alpha value is -3.87. The molecule has 0 aliphatic heterocycles. The maximum atomic E-state index is 14.4. The Morgan fingerprint density at radius 1 is 0.822 bits per heavy atom. The summed E-state index contributed by atoms with van der Waals surface area (Å²) in [6, 6.07) is 12.2. The number of amides is 2. The number of sulfonamides is 1. The quantitative estimate of drug-likeness (QED) is 0.247. The van der Waals surface area contributed by atoms with Crippen LogP contribution in [0.3, 0.4) is 0 Å². The highest BCUT2D eigenvalue weighted by Crippen LogP contribution is 2.38. The van der Waals surface area contributed by atoms with Gasteiger partial charge in [-0.3, -0.25) is 13.9 Å². The van der Waals surface area contributed by atoms with Gasteiger partial charge in [0.2, 0.25) is 11.8 Å². The molecular formula is C31H37Cl2N3O8S. The Labute approximate surface area is 274 Å². The van der Waals surface area contributed by atoms with Gasteiger partial charge >= 0.3 is 0 Å². The van der Waals surface area contributed by atoms with Crippen molar-refractivity contribution < 1.29 is 37.0 Å². The number of carbonyl (C=O) groups is 2. The number of nitrogens with one attached hydrogen (secondary N) is 1. The van der Waals surface area contributed by atoms with E-state index < -0.39 is 34.4 Å². The molecule has 1 N–H and O–H groups in total. The summed E-state index contributed by atoms with van der Waals surface area (Å²) in [4.78, 5) is 28.5. The number of carbonyl (C=O) groups excluding carboxylic acids is 2. The van der Waals surface area contributed by atoms with Gasteiger partial charge in [0, 0.05) is 34.8 Å². The van der Waals surface area contributed by atoms with Crippen LogP contribution in [0.25, 0.3) is 0 Å². The van der Waals surface area contributed by atoms with Crippen molar-refractivity contribution >= 4 is 50.7 Å². The summed E-state index contributed by atoms with van der Waals surface area (Å²) in [5.41, 5.74) is 0.538. The third-order valence-electron chi connectivity index (χ3n) is 6.83. The molecule has 14 heteroatoms. The highest BCUT2D eigenvalue weighted by Gasteiger charge is 2.35. The van der Waals surface area contributed by atoms with Gasteiger partial charge < -0.3 is 29.2 Å². The van der Waals surface area contributed by atoms with Crippen LogP contribution in [0.4, 0.5) is 5.69 Å². The summed E-state index contributed by atoms with van der Waals surface area (Å²) in [5, 5.41) is 3.48. The average molecular weight is 683 g/mol. The first-order valence-corrected chi connectivity index (χ1v) is 16.0. The number of nitrogens with zero attached hydrogens (tertiary/aromatic N) is 2. The molecule has 0 saturated heterocycles. The van der Waals surface area contributed by atoms with Crippen LogP contribution < -0.4 is 28.6 Å². The molecule has 1 atom stereocenters. The van der Waals surface area contributed by atoms with Gasteiger partial charge in [-0.15, -0.1) is 0 Å². The summed E-state index contributed by atoms with van der Waals surface area (Å²) in [7, 11) is 1.13. The zero-order valence-corrected chi connectivity index (χ0v) is 28.4. The van der Waals surface area contributed by atoms with Crippen molar-refractivity contribution in [2.75, 3.05) is 39.3 Å². The van der Waals surface area contributed by atoms with Crippen molar-refractivity contribution in [3.8, 4) is 23.0 Å². The van der Waals surface area contributed by atoms with Crippen molar-refractivity contribution in [1.29, 1.82) is 0 Å². The zero-order chi connectivity index (χ0) is 33.5. The van der Waals surface area contributed by atoms with Crippen LogP contribution in [-0.2, 0) is 26.2 Å². The molecule has 0 aliphatic carbocycles. The fourth-order valence-corrected chi connectivity index (χ4v) is 6.33. The van der Waals surface area contributed by atoms with Gasteiger partial charge in [-0.25, -0.2) is 8.42 Å². The summed E-state index contributed by atoms with van der Waals surface area (Å²) < 4.78 is 51.1. The predicted octanol–water partition coefficient (Wildman–Crippen LogP) is 5.17. The predicted molar refractivity (Wildman–Crippen MR) is 173 cm³/mol. The Kier molecular flexibility index (Phi) is 12.2. The van der Waals surface area contributed by atoms with Crippen LogP contribution in [0.2, 0.25) is 10.0 Å². The topological polar surface area (TPSA) is 124 Å². The van der Waals surface area contributed by atoms with Crippen LogP contribution in [0.15, 0.2) is 59.5 Å². The van der Waals surface area contributed by atoms with Crippen LogP contribution in [-0.4, -0.2) is 72.2 Å². The zero-order valence-electron chi connectivity index (χ0n) is 26.1. The molecule has 0 heterocycles. The normalized spacial score (nSPS) is 11.9. The minimum Gasteiger partial charge on any atom is -0.497 e. The number of anilines is 1. The Bertz CT molecular complexity index is 1640. The highest BCUT2D eigenvalue weighted by molar-refractivity contribution is 7.92. The van der Waals surface area contributed by atoms with Gasteiger partial charge in [-0.2, -0.15) is 0 Å². The Balaban J connectivity index is 2.19. The number of methoxy groups -OCH3 is 4. The molecule has 11 nitrogen and oxygen atoms in total. The molecule has 244 valence electrons. The van der Waals surface area contributed by atoms with E-state index in [2.05, 4.69) is 5.32 Å². The molecule has 3 rings (SSSR count). The third-order valence-corrected chi connectivity index (χ3v) is 9.17. The number of hydrogen-bond donors (Lipinski definition) is 1. The molecule has 0 bridgehead atoms. The molecular weight excluding hydrogens is 645 g/mol. The summed E-state index contributed by atoms with van der Waals surface area (Å²) in [6.45, 7) is 4.31. The van der Waals surface area contributed by atoms with Crippen molar-refractivity contribution in [3.63, 3.8) is 0 Å². The molecule has 0 radical (unpaired) electrons. The molecule has 0 aromatic heterocycles. The average Bonchev–Trinajstić information content (AvgIpc) is 3.01.